The molecule has 2 aliphatic heterocycles. The number of hydrogen-bond acceptors (Lipinski definition) is 6. The van der Waals surface area contributed by atoms with Crippen molar-refractivity contribution in [3.8, 4) is 5.75 Å². The molecule has 2 heterocycles. The number of hydrogen-bond donors (Lipinski definition) is 1. The second-order valence-corrected chi connectivity index (χ2v) is 8.06. The van der Waals surface area contributed by atoms with E-state index in [9.17, 15) is 14.4 Å². The molecule has 0 spiro atoms. The molecule has 0 aromatic heterocycles. The molecular weight excluding hydrogens is 388 g/mol. The van der Waals surface area contributed by atoms with Crippen LogP contribution in [0.5, 0.6) is 5.75 Å². The van der Waals surface area contributed by atoms with Gasteiger partial charge in [0, 0.05) is 25.3 Å². The first kappa shape index (κ1) is 22.1. The molecule has 30 heavy (non-hydrogen) atoms. The molecule has 2 fully saturated rings. The molecule has 3 rings (SSSR count). The Morgan fingerprint density at radius 2 is 2.03 bits per heavy atom. The third-order valence-corrected chi connectivity index (χ3v) is 5.09. The van der Waals surface area contributed by atoms with Gasteiger partial charge in [-0.1, -0.05) is 13.8 Å². The molecule has 0 aliphatic carbocycles. The molecule has 2 saturated heterocycles. The summed E-state index contributed by atoms with van der Waals surface area (Å²) in [6, 6.07) is 5.94. The van der Waals surface area contributed by atoms with Crippen molar-refractivity contribution in [1.82, 2.24) is 10.2 Å². The Balaban J connectivity index is 1.60. The third kappa shape index (κ3) is 5.95. The van der Waals surface area contributed by atoms with Crippen LogP contribution >= 0.6 is 0 Å². The third-order valence-electron chi connectivity index (χ3n) is 5.09. The Morgan fingerprint density at radius 1 is 1.27 bits per heavy atom. The fourth-order valence-corrected chi connectivity index (χ4v) is 3.46. The fourth-order valence-electron chi connectivity index (χ4n) is 3.46. The average Bonchev–Trinajstić information content (AvgIpc) is 3.26. The van der Waals surface area contributed by atoms with E-state index in [-0.39, 0.29) is 36.9 Å². The molecule has 1 aromatic rings. The van der Waals surface area contributed by atoms with E-state index in [0.29, 0.717) is 31.0 Å². The average molecular weight is 418 g/mol. The highest BCUT2D eigenvalue weighted by atomic mass is 16.5. The first-order chi connectivity index (χ1) is 14.4. The Hall–Kier alpha value is -2.61. The molecule has 2 amide bonds. The second kappa shape index (κ2) is 10.4. The number of nitrogens with one attached hydrogen (secondary N) is 1. The number of ether oxygens (including phenoxy) is 3. The molecule has 0 bridgehead atoms. The van der Waals surface area contributed by atoms with Crippen molar-refractivity contribution >= 4 is 17.8 Å². The van der Waals surface area contributed by atoms with E-state index >= 15 is 0 Å². The van der Waals surface area contributed by atoms with Crippen molar-refractivity contribution in [1.29, 1.82) is 0 Å². The summed E-state index contributed by atoms with van der Waals surface area (Å²) in [6.45, 7) is 6.11. The summed E-state index contributed by atoms with van der Waals surface area (Å²) in [5.41, 5.74) is 0.440. The first-order valence-corrected chi connectivity index (χ1v) is 10.5. The molecule has 1 aromatic carbocycles. The van der Waals surface area contributed by atoms with Crippen molar-refractivity contribution in [3.05, 3.63) is 29.8 Å². The lowest BCUT2D eigenvalue weighted by Crippen LogP contribution is -2.57. The topological polar surface area (TPSA) is 94.2 Å². The minimum atomic E-state index is -0.874. The van der Waals surface area contributed by atoms with Gasteiger partial charge in [-0.25, -0.2) is 0 Å². The van der Waals surface area contributed by atoms with Crippen molar-refractivity contribution in [3.63, 3.8) is 0 Å². The number of carbonyl (C=O) groups excluding carboxylic acids is 3. The molecule has 8 nitrogen and oxygen atoms in total. The highest BCUT2D eigenvalue weighted by Crippen LogP contribution is 2.19. The quantitative estimate of drug-likeness (QED) is 0.647. The van der Waals surface area contributed by atoms with Crippen LogP contribution in [0, 0.1) is 5.92 Å². The highest BCUT2D eigenvalue weighted by Gasteiger charge is 2.35. The number of carbonyl (C=O) groups is 3. The SMILES string of the molecule is CC(C)COC(=O)CC1C(=O)NCCN1C(=O)c1ccc(OCC2CCCO2)cc1. The minimum absolute atomic E-state index is 0.120. The molecule has 0 saturated carbocycles. The van der Waals surface area contributed by atoms with Crippen LogP contribution in [-0.2, 0) is 19.1 Å². The van der Waals surface area contributed by atoms with E-state index < -0.39 is 12.0 Å². The monoisotopic (exact) mass is 418 g/mol. The molecule has 2 unspecified atom stereocenters. The minimum Gasteiger partial charge on any atom is -0.491 e. The summed E-state index contributed by atoms with van der Waals surface area (Å²) in [5.74, 6) is -0.258. The van der Waals surface area contributed by atoms with E-state index in [2.05, 4.69) is 5.32 Å². The van der Waals surface area contributed by atoms with Gasteiger partial charge in [0.05, 0.1) is 19.1 Å². The maximum Gasteiger partial charge on any atom is 0.308 e. The Morgan fingerprint density at radius 3 is 2.70 bits per heavy atom. The maximum atomic E-state index is 13.0. The van der Waals surface area contributed by atoms with Crippen molar-refractivity contribution in [2.75, 3.05) is 32.9 Å². The van der Waals surface area contributed by atoms with Gasteiger partial charge in [-0.3, -0.25) is 14.4 Å². The van der Waals surface area contributed by atoms with Crippen molar-refractivity contribution < 1.29 is 28.6 Å². The highest BCUT2D eigenvalue weighted by molar-refractivity contribution is 5.99. The molecule has 8 heteroatoms. The number of amides is 2. The van der Waals surface area contributed by atoms with Gasteiger partial charge in [-0.2, -0.15) is 0 Å². The van der Waals surface area contributed by atoms with Crippen molar-refractivity contribution in [2.24, 2.45) is 5.92 Å². The summed E-state index contributed by atoms with van der Waals surface area (Å²) in [6.07, 6.45) is 2.01. The van der Waals surface area contributed by atoms with Crippen molar-refractivity contribution in [2.45, 2.75) is 45.3 Å². The molecule has 1 N–H and O–H groups in total. The van der Waals surface area contributed by atoms with Crippen LogP contribution in [0.1, 0.15) is 43.5 Å². The number of nitrogens with zero attached hydrogens (tertiary/aromatic N) is 1. The molecule has 2 atom stereocenters. The Bertz CT molecular complexity index is 742. The van der Waals surface area contributed by atoms with E-state index in [4.69, 9.17) is 14.2 Å². The zero-order valence-corrected chi connectivity index (χ0v) is 17.6. The number of benzene rings is 1. The predicted molar refractivity (Wildman–Crippen MR) is 109 cm³/mol. The van der Waals surface area contributed by atoms with E-state index in [0.717, 1.165) is 19.4 Å². The summed E-state index contributed by atoms with van der Waals surface area (Å²) in [7, 11) is 0. The molecule has 0 radical (unpaired) electrons. The Kier molecular flexibility index (Phi) is 7.68. The van der Waals surface area contributed by atoms with Crippen LogP contribution in [0.25, 0.3) is 0 Å². The van der Waals surface area contributed by atoms with Crippen LogP contribution < -0.4 is 10.1 Å². The van der Waals surface area contributed by atoms with Crippen LogP contribution in [0.15, 0.2) is 24.3 Å². The lowest BCUT2D eigenvalue weighted by Gasteiger charge is -2.34. The van der Waals surface area contributed by atoms with E-state index in [1.165, 1.54) is 4.90 Å². The lowest BCUT2D eigenvalue weighted by atomic mass is 10.1. The van der Waals surface area contributed by atoms with Gasteiger partial charge >= 0.3 is 5.97 Å². The van der Waals surface area contributed by atoms with E-state index in [1.807, 2.05) is 13.8 Å². The van der Waals surface area contributed by atoms with Gasteiger partial charge in [0.15, 0.2) is 0 Å². The molecule has 164 valence electrons. The lowest BCUT2D eigenvalue weighted by molar-refractivity contribution is -0.148. The first-order valence-electron chi connectivity index (χ1n) is 10.5. The van der Waals surface area contributed by atoms with Gasteiger partial charge in [0.2, 0.25) is 5.91 Å². The largest absolute Gasteiger partial charge is 0.491 e. The molecule has 2 aliphatic rings. The van der Waals surface area contributed by atoms with Crippen LogP contribution in [0.2, 0.25) is 0 Å². The smallest absolute Gasteiger partial charge is 0.308 e. The van der Waals surface area contributed by atoms with Gasteiger partial charge in [0.25, 0.3) is 5.91 Å². The normalized spacial score (nSPS) is 21.4. The van der Waals surface area contributed by atoms with Gasteiger partial charge in [-0.05, 0) is 43.0 Å². The number of esters is 1. The fraction of sp³-hybridized carbons (Fsp3) is 0.591. The van der Waals surface area contributed by atoms with Crippen LogP contribution in [0.4, 0.5) is 0 Å². The summed E-state index contributed by atoms with van der Waals surface area (Å²) in [5, 5.41) is 2.72. The van der Waals surface area contributed by atoms with Crippen LogP contribution in [-0.4, -0.2) is 67.7 Å². The zero-order valence-electron chi connectivity index (χ0n) is 17.6. The summed E-state index contributed by atoms with van der Waals surface area (Å²) < 4.78 is 16.5. The Labute approximate surface area is 176 Å². The van der Waals surface area contributed by atoms with Gasteiger partial charge in [-0.15, -0.1) is 0 Å². The maximum absolute atomic E-state index is 13.0. The van der Waals surface area contributed by atoms with Gasteiger partial charge in [0.1, 0.15) is 18.4 Å². The summed E-state index contributed by atoms with van der Waals surface area (Å²) >= 11 is 0. The predicted octanol–water partition coefficient (Wildman–Crippen LogP) is 1.77. The van der Waals surface area contributed by atoms with E-state index in [1.54, 1.807) is 24.3 Å². The zero-order chi connectivity index (χ0) is 21.5. The molecular formula is C22H30N2O6. The number of piperazine rings is 1. The van der Waals surface area contributed by atoms with Gasteiger partial charge < -0.3 is 24.4 Å². The van der Waals surface area contributed by atoms with Crippen LogP contribution in [0.3, 0.4) is 0 Å². The summed E-state index contributed by atoms with van der Waals surface area (Å²) in [4.78, 5) is 38.9. The second-order valence-electron chi connectivity index (χ2n) is 8.06. The standard InChI is InChI=1S/C22H30N2O6/c1-15(2)13-30-20(25)12-19-21(26)23-9-10-24(19)22(27)16-5-7-17(8-6-16)29-14-18-4-3-11-28-18/h5-8,15,18-19H,3-4,9-14H2,1-2H3,(H,23,26). The number of rotatable bonds is 8.